The van der Waals surface area contributed by atoms with Gasteiger partial charge in [0.05, 0.1) is 6.26 Å². The zero-order valence-corrected chi connectivity index (χ0v) is 18.4. The first-order valence-electron chi connectivity index (χ1n) is 11.1. The molecule has 1 aromatic carbocycles. The number of piperidine rings is 1. The first-order chi connectivity index (χ1) is 16.0. The van der Waals surface area contributed by atoms with E-state index >= 15 is 0 Å². The third-order valence-corrected chi connectivity index (χ3v) is 6.39. The van der Waals surface area contributed by atoms with Crippen molar-refractivity contribution in [1.82, 2.24) is 14.8 Å². The number of benzene rings is 1. The van der Waals surface area contributed by atoms with Crippen LogP contribution in [0.5, 0.6) is 0 Å². The predicted molar refractivity (Wildman–Crippen MR) is 123 cm³/mol. The Balaban J connectivity index is 1.41. The van der Waals surface area contributed by atoms with Gasteiger partial charge in [-0.3, -0.25) is 14.4 Å². The molecule has 0 radical (unpaired) electrons. The zero-order chi connectivity index (χ0) is 22.9. The topological polar surface area (TPSA) is 84.6 Å². The molecule has 0 unspecified atom stereocenters. The van der Waals surface area contributed by atoms with Gasteiger partial charge in [0.2, 0.25) is 0 Å². The van der Waals surface area contributed by atoms with Crippen LogP contribution in [0.3, 0.4) is 0 Å². The molecule has 0 aliphatic carbocycles. The fourth-order valence-electron chi connectivity index (χ4n) is 4.80. The van der Waals surface area contributed by atoms with Gasteiger partial charge in [-0.1, -0.05) is 23.8 Å². The first kappa shape index (κ1) is 21.0. The maximum Gasteiger partial charge on any atom is 0.270 e. The van der Waals surface area contributed by atoms with Crippen LogP contribution >= 0.6 is 0 Å². The van der Waals surface area contributed by atoms with Crippen LogP contribution in [0.4, 0.5) is 0 Å². The van der Waals surface area contributed by atoms with E-state index in [4.69, 9.17) is 4.42 Å². The van der Waals surface area contributed by atoms with Gasteiger partial charge in [0.15, 0.2) is 0 Å². The second-order valence-corrected chi connectivity index (χ2v) is 8.80. The lowest BCUT2D eigenvalue weighted by Crippen LogP contribution is -2.50. The molecule has 2 atom stereocenters. The lowest BCUT2D eigenvalue weighted by molar-refractivity contribution is -0.130. The van der Waals surface area contributed by atoms with Crippen molar-refractivity contribution in [1.29, 1.82) is 0 Å². The molecule has 7 nitrogen and oxygen atoms in total. The Labute approximate surface area is 191 Å². The quantitative estimate of drug-likeness (QED) is 0.628. The number of hydrogen-bond acceptors (Lipinski definition) is 4. The number of nitrogens with zero attached hydrogens (tertiary/aromatic N) is 2. The number of hydrogen-bond donors (Lipinski definition) is 1. The van der Waals surface area contributed by atoms with Crippen molar-refractivity contribution in [2.24, 2.45) is 5.92 Å². The number of carbonyl (C=O) groups is 2. The van der Waals surface area contributed by atoms with E-state index in [1.54, 1.807) is 47.4 Å². The lowest BCUT2D eigenvalue weighted by Gasteiger charge is -2.42. The molecule has 7 heteroatoms. The van der Waals surface area contributed by atoms with Crippen molar-refractivity contribution in [3.63, 3.8) is 0 Å². The monoisotopic (exact) mass is 443 g/mol. The predicted octanol–water partition coefficient (Wildman–Crippen LogP) is 3.17. The van der Waals surface area contributed by atoms with Crippen LogP contribution < -0.4 is 10.9 Å². The van der Waals surface area contributed by atoms with Crippen LogP contribution in [-0.4, -0.2) is 34.4 Å². The Kier molecular flexibility index (Phi) is 5.46. The average molecular weight is 444 g/mol. The van der Waals surface area contributed by atoms with Crippen LogP contribution in [0.1, 0.15) is 39.7 Å². The molecule has 2 aliphatic heterocycles. The van der Waals surface area contributed by atoms with Gasteiger partial charge in [-0.25, -0.2) is 0 Å². The van der Waals surface area contributed by atoms with E-state index < -0.39 is 0 Å². The normalized spacial score (nSPS) is 19.7. The molecule has 1 fully saturated rings. The number of fused-ring (bicyclic) bond motifs is 4. The Bertz CT molecular complexity index is 1270. The average Bonchev–Trinajstić information content (AvgIpc) is 3.32. The van der Waals surface area contributed by atoms with E-state index in [9.17, 15) is 14.4 Å². The standard InChI is InChI=1S/C26H25N3O4/c1-17-7-9-19(10-8-17)25(31)27-22(13-21-4-3-11-33-21)26(32)28-14-18-12-20(16-28)23-5-2-6-24(30)29(23)15-18/h2-11,13,18,20H,12,14-16H2,1H3,(H,27,31)/b22-13-/t18-,20+/m1/s1. The number of rotatable bonds is 4. The highest BCUT2D eigenvalue weighted by Crippen LogP contribution is 2.35. The lowest BCUT2D eigenvalue weighted by atomic mass is 9.83. The molecular formula is C26H25N3O4. The number of likely N-dealkylation sites (tertiary alicyclic amines) is 1. The molecule has 2 aromatic heterocycles. The van der Waals surface area contributed by atoms with Gasteiger partial charge in [0, 0.05) is 49.0 Å². The maximum atomic E-state index is 13.6. The highest BCUT2D eigenvalue weighted by Gasteiger charge is 2.37. The van der Waals surface area contributed by atoms with Gasteiger partial charge in [-0.2, -0.15) is 0 Å². The van der Waals surface area contributed by atoms with Crippen molar-refractivity contribution < 1.29 is 14.0 Å². The minimum atomic E-state index is -0.352. The van der Waals surface area contributed by atoms with Gasteiger partial charge >= 0.3 is 0 Å². The molecule has 0 spiro atoms. The summed E-state index contributed by atoms with van der Waals surface area (Å²) in [6.45, 7) is 3.58. The second kappa shape index (κ2) is 8.58. The van der Waals surface area contributed by atoms with Gasteiger partial charge in [0.1, 0.15) is 11.5 Å². The number of amides is 2. The molecule has 3 aromatic rings. The van der Waals surface area contributed by atoms with E-state index in [1.165, 1.54) is 6.26 Å². The fraction of sp³-hybridized carbons (Fsp3) is 0.269. The zero-order valence-electron chi connectivity index (χ0n) is 18.4. The number of pyridine rings is 1. The van der Waals surface area contributed by atoms with Crippen LogP contribution in [0.2, 0.25) is 0 Å². The van der Waals surface area contributed by atoms with Crippen LogP contribution in [0.25, 0.3) is 6.08 Å². The summed E-state index contributed by atoms with van der Waals surface area (Å²) in [6, 6.07) is 16.0. The molecule has 1 N–H and O–H groups in total. The molecule has 0 saturated carbocycles. The fourth-order valence-corrected chi connectivity index (χ4v) is 4.80. The van der Waals surface area contributed by atoms with Gasteiger partial charge in [-0.15, -0.1) is 0 Å². The number of nitrogens with one attached hydrogen (secondary N) is 1. The summed E-state index contributed by atoms with van der Waals surface area (Å²) in [7, 11) is 0. The molecule has 33 heavy (non-hydrogen) atoms. The third kappa shape index (κ3) is 4.26. The van der Waals surface area contributed by atoms with E-state index in [-0.39, 0.29) is 34.9 Å². The van der Waals surface area contributed by atoms with Crippen molar-refractivity contribution in [3.8, 4) is 0 Å². The molecular weight excluding hydrogens is 418 g/mol. The molecule has 5 rings (SSSR count). The summed E-state index contributed by atoms with van der Waals surface area (Å²) in [5, 5.41) is 2.80. The summed E-state index contributed by atoms with van der Waals surface area (Å²) < 4.78 is 7.24. The summed E-state index contributed by atoms with van der Waals surface area (Å²) >= 11 is 0. The highest BCUT2D eigenvalue weighted by atomic mass is 16.3. The van der Waals surface area contributed by atoms with E-state index in [0.29, 0.717) is 31.0 Å². The van der Waals surface area contributed by atoms with Crippen molar-refractivity contribution in [2.75, 3.05) is 13.1 Å². The minimum absolute atomic E-state index is 0.00532. The molecule has 2 bridgehead atoms. The Hall–Kier alpha value is -3.87. The van der Waals surface area contributed by atoms with Gasteiger partial charge in [-0.05, 0) is 49.6 Å². The third-order valence-electron chi connectivity index (χ3n) is 6.39. The first-order valence-corrected chi connectivity index (χ1v) is 11.1. The van der Waals surface area contributed by atoms with E-state index in [1.807, 2.05) is 29.7 Å². The Morgan fingerprint density at radius 2 is 1.85 bits per heavy atom. The maximum absolute atomic E-state index is 13.6. The Morgan fingerprint density at radius 3 is 2.61 bits per heavy atom. The number of carbonyl (C=O) groups excluding carboxylic acids is 2. The molecule has 2 aliphatic rings. The van der Waals surface area contributed by atoms with Crippen LogP contribution in [0.15, 0.2) is 75.8 Å². The van der Waals surface area contributed by atoms with Crippen LogP contribution in [0, 0.1) is 12.8 Å². The van der Waals surface area contributed by atoms with Crippen molar-refractivity contribution in [3.05, 3.63) is 99.5 Å². The summed E-state index contributed by atoms with van der Waals surface area (Å²) in [5.41, 5.74) is 2.67. The number of furan rings is 1. The molecule has 168 valence electrons. The van der Waals surface area contributed by atoms with E-state index in [0.717, 1.165) is 17.7 Å². The van der Waals surface area contributed by atoms with Gasteiger partial charge < -0.3 is 19.2 Å². The SMILES string of the molecule is Cc1ccc(C(=O)N/C(=C\c2ccco2)C(=O)N2C[C@H]3C[C@@H](C2)c2cccc(=O)n2C3)cc1. The Morgan fingerprint density at radius 1 is 1.03 bits per heavy atom. The van der Waals surface area contributed by atoms with E-state index in [2.05, 4.69) is 5.32 Å². The van der Waals surface area contributed by atoms with Crippen molar-refractivity contribution in [2.45, 2.75) is 25.8 Å². The molecule has 1 saturated heterocycles. The summed E-state index contributed by atoms with van der Waals surface area (Å²) in [6.07, 6.45) is 4.03. The second-order valence-electron chi connectivity index (χ2n) is 8.80. The summed E-state index contributed by atoms with van der Waals surface area (Å²) in [4.78, 5) is 40.5. The van der Waals surface area contributed by atoms with Crippen molar-refractivity contribution >= 4 is 17.9 Å². The smallest absolute Gasteiger partial charge is 0.270 e. The number of aromatic nitrogens is 1. The summed E-state index contributed by atoms with van der Waals surface area (Å²) in [5.74, 6) is 0.159. The largest absolute Gasteiger partial charge is 0.465 e. The van der Waals surface area contributed by atoms with Gasteiger partial charge in [0.25, 0.3) is 17.4 Å². The highest BCUT2D eigenvalue weighted by molar-refractivity contribution is 6.05. The van der Waals surface area contributed by atoms with Crippen LogP contribution in [-0.2, 0) is 11.3 Å². The number of aryl methyl sites for hydroxylation is 1. The molecule has 2 amide bonds. The minimum Gasteiger partial charge on any atom is -0.465 e. The molecule has 4 heterocycles.